The maximum atomic E-state index is 12.8. The monoisotopic (exact) mass is 742 g/mol. The number of fused-ring (bicyclic) bond motifs is 1. The third kappa shape index (κ3) is 9.25. The van der Waals surface area contributed by atoms with Crippen LogP contribution in [-0.2, 0) is 23.2 Å². The van der Waals surface area contributed by atoms with Crippen LogP contribution < -0.4 is 0 Å². The van der Waals surface area contributed by atoms with Gasteiger partial charge in [-0.25, -0.2) is 0 Å². The molecule has 0 heterocycles. The minimum absolute atomic E-state index is 0.0190. The van der Waals surface area contributed by atoms with E-state index < -0.39 is 26.8 Å². The fourth-order valence-corrected chi connectivity index (χ4v) is 11.9. The van der Waals surface area contributed by atoms with Crippen LogP contribution in [0.4, 0.5) is 0 Å². The summed E-state index contributed by atoms with van der Waals surface area (Å²) in [7, 11) is -7.73. The highest BCUT2D eigenvalue weighted by atomic mass is 32.2. The van der Waals surface area contributed by atoms with Crippen LogP contribution in [0, 0.1) is 30.1 Å². The first-order valence-electron chi connectivity index (χ1n) is 19.3. The van der Waals surface area contributed by atoms with Crippen molar-refractivity contribution in [2.45, 2.75) is 167 Å². The van der Waals surface area contributed by atoms with E-state index in [2.05, 4.69) is 100 Å². The van der Waals surface area contributed by atoms with Crippen molar-refractivity contribution >= 4 is 26.8 Å². The molecule has 5 nitrogen and oxygen atoms in total. The van der Waals surface area contributed by atoms with Gasteiger partial charge in [-0.2, -0.15) is 8.42 Å². The average Bonchev–Trinajstić information content (AvgIpc) is 3.34. The molecule has 6 atom stereocenters. The molecule has 4 rings (SSSR count). The van der Waals surface area contributed by atoms with Crippen molar-refractivity contribution in [1.82, 2.24) is 0 Å². The topological polar surface area (TPSA) is 61.8 Å². The molecule has 3 fully saturated rings. The van der Waals surface area contributed by atoms with E-state index >= 15 is 0 Å². The Hall–Kier alpha value is -1.30. The van der Waals surface area contributed by atoms with Crippen molar-refractivity contribution in [3.8, 4) is 0 Å². The number of hydrogen-bond donors (Lipinski definition) is 0. The van der Waals surface area contributed by atoms with E-state index in [0.29, 0.717) is 17.8 Å². The minimum Gasteiger partial charge on any atom is -0.413 e. The normalized spacial score (nSPS) is 29.4. The van der Waals surface area contributed by atoms with E-state index in [9.17, 15) is 8.42 Å². The van der Waals surface area contributed by atoms with Crippen LogP contribution in [0.5, 0.6) is 0 Å². The quantitative estimate of drug-likeness (QED) is 0.167. The van der Waals surface area contributed by atoms with E-state index in [1.807, 2.05) is 19.1 Å². The Morgan fingerprint density at radius 2 is 1.56 bits per heavy atom. The smallest absolute Gasteiger partial charge is 0.296 e. The zero-order chi connectivity index (χ0) is 37.5. The van der Waals surface area contributed by atoms with Crippen molar-refractivity contribution < 1.29 is 21.5 Å². The molecule has 3 aliphatic carbocycles. The van der Waals surface area contributed by atoms with Crippen molar-refractivity contribution in [2.24, 2.45) is 23.2 Å². The van der Waals surface area contributed by atoms with Crippen LogP contribution in [0.2, 0.25) is 36.3 Å². The summed E-state index contributed by atoms with van der Waals surface area (Å²) in [6.45, 7) is 35.0. The van der Waals surface area contributed by atoms with Gasteiger partial charge in [0.05, 0.1) is 23.7 Å². The fraction of sp³-hybridized carbons (Fsp3) is 0.714. The van der Waals surface area contributed by atoms with Crippen LogP contribution in [0.25, 0.3) is 0 Å². The van der Waals surface area contributed by atoms with Gasteiger partial charge in [0.2, 0.25) is 0 Å². The van der Waals surface area contributed by atoms with Crippen LogP contribution in [0.15, 0.2) is 64.6 Å². The molecule has 282 valence electrons. The van der Waals surface area contributed by atoms with Gasteiger partial charge in [0, 0.05) is 6.42 Å². The summed E-state index contributed by atoms with van der Waals surface area (Å²) in [5.41, 5.74) is 5.24. The summed E-state index contributed by atoms with van der Waals surface area (Å²) in [6.07, 6.45) is 13.4. The number of aryl methyl sites for hydroxylation is 1. The van der Waals surface area contributed by atoms with Crippen molar-refractivity contribution in [2.75, 3.05) is 6.61 Å². The SMILES string of the molecule is C=C1/C(=C/C=C2/CCC[C@]3(C)[C@@H]([C@H](C)CCOS(=O)(=O)c4ccc(C)cc4)CC[C@@H]23)C[C@@H](O[Si](C)(C)C(C)(C)C)C[C@@H]1O[Si](C)(C)C(C)(C)C. The molecule has 0 radical (unpaired) electrons. The number of benzene rings is 1. The molecule has 0 unspecified atom stereocenters. The highest BCUT2D eigenvalue weighted by molar-refractivity contribution is 7.86. The maximum Gasteiger partial charge on any atom is 0.296 e. The summed E-state index contributed by atoms with van der Waals surface area (Å²) in [6, 6.07) is 6.90. The lowest BCUT2D eigenvalue weighted by molar-refractivity contribution is 0.0880. The average molecular weight is 743 g/mol. The molecule has 3 saturated carbocycles. The zero-order valence-electron chi connectivity index (χ0n) is 33.9. The van der Waals surface area contributed by atoms with Gasteiger partial charge in [-0.1, -0.05) is 97.4 Å². The molecule has 0 aromatic heterocycles. The van der Waals surface area contributed by atoms with Gasteiger partial charge in [-0.3, -0.25) is 4.18 Å². The van der Waals surface area contributed by atoms with Crippen LogP contribution in [0.3, 0.4) is 0 Å². The first-order chi connectivity index (χ1) is 22.9. The molecule has 1 aromatic rings. The van der Waals surface area contributed by atoms with Gasteiger partial charge in [0.15, 0.2) is 16.6 Å². The lowest BCUT2D eigenvalue weighted by Crippen LogP contribution is -2.49. The number of allylic oxidation sites excluding steroid dienone is 3. The molecule has 0 bridgehead atoms. The van der Waals surface area contributed by atoms with Crippen molar-refractivity contribution in [3.05, 3.63) is 65.3 Å². The Kier molecular flexibility index (Phi) is 12.6. The Balaban J connectivity index is 1.51. The van der Waals surface area contributed by atoms with Gasteiger partial charge in [-0.05, 0) is 135 Å². The second-order valence-electron chi connectivity index (χ2n) is 19.2. The molecule has 3 aliphatic rings. The number of hydrogen-bond acceptors (Lipinski definition) is 5. The van der Waals surface area contributed by atoms with Crippen molar-refractivity contribution in [3.63, 3.8) is 0 Å². The number of rotatable bonds is 11. The Bertz CT molecular complexity index is 1530. The van der Waals surface area contributed by atoms with Gasteiger partial charge < -0.3 is 8.85 Å². The Labute approximate surface area is 309 Å². The van der Waals surface area contributed by atoms with Crippen LogP contribution in [0.1, 0.15) is 112 Å². The van der Waals surface area contributed by atoms with Gasteiger partial charge in [-0.15, -0.1) is 0 Å². The Morgan fingerprint density at radius 1 is 0.960 bits per heavy atom. The van der Waals surface area contributed by atoms with E-state index in [1.54, 1.807) is 17.7 Å². The van der Waals surface area contributed by atoms with Crippen LogP contribution >= 0.6 is 0 Å². The first-order valence-corrected chi connectivity index (χ1v) is 26.5. The second-order valence-corrected chi connectivity index (χ2v) is 30.3. The molecule has 0 spiro atoms. The molecular weight excluding hydrogens is 673 g/mol. The second kappa shape index (κ2) is 15.2. The predicted octanol–water partition coefficient (Wildman–Crippen LogP) is 11.9. The minimum atomic E-state index is -3.75. The van der Waals surface area contributed by atoms with E-state index in [4.69, 9.17) is 13.0 Å². The summed E-state index contributed by atoms with van der Waals surface area (Å²) in [4.78, 5) is 0.233. The lowest BCUT2D eigenvalue weighted by atomic mass is 9.61. The third-order valence-corrected chi connectivity index (χ3v) is 23.9. The first kappa shape index (κ1) is 41.5. The lowest BCUT2D eigenvalue weighted by Gasteiger charge is -2.46. The maximum absolute atomic E-state index is 12.8. The van der Waals surface area contributed by atoms with E-state index in [1.165, 1.54) is 31.3 Å². The third-order valence-electron chi connectivity index (χ3n) is 13.6. The standard InChI is InChI=1S/C42H70O5SSi2/c1-30-17-21-36(22-18-30)48(43,44)45-27-25-31(2)37-23-24-38-33(16-15-26-42(37,38)10)19-20-34-28-35(46-49(11,12)40(4,5)6)29-39(32(34)3)47-50(13,14)41(7,8)9/h17-22,31,35,37-39H,3,15-16,23-29H2,1-2,4-14H3/b33-19-,34-20+/t31-,35-,37-,38+,39+,42-/m1/s1. The molecule has 0 amide bonds. The van der Waals surface area contributed by atoms with Gasteiger partial charge >= 0.3 is 0 Å². The Morgan fingerprint density at radius 3 is 2.16 bits per heavy atom. The summed E-state index contributed by atoms with van der Waals surface area (Å²) >= 11 is 0. The summed E-state index contributed by atoms with van der Waals surface area (Å²) in [5, 5.41) is 0.268. The van der Waals surface area contributed by atoms with Crippen LogP contribution in [-0.4, -0.2) is 43.9 Å². The van der Waals surface area contributed by atoms with E-state index in [-0.39, 0.29) is 39.2 Å². The summed E-state index contributed by atoms with van der Waals surface area (Å²) < 4.78 is 45.3. The van der Waals surface area contributed by atoms with Gasteiger partial charge in [0.1, 0.15) is 0 Å². The predicted molar refractivity (Wildman–Crippen MR) is 215 cm³/mol. The van der Waals surface area contributed by atoms with Crippen molar-refractivity contribution in [1.29, 1.82) is 0 Å². The van der Waals surface area contributed by atoms with Gasteiger partial charge in [0.25, 0.3) is 10.1 Å². The molecule has 50 heavy (non-hydrogen) atoms. The molecular formula is C42H70O5SSi2. The van der Waals surface area contributed by atoms with E-state index in [0.717, 1.165) is 36.8 Å². The molecule has 8 heteroatoms. The largest absolute Gasteiger partial charge is 0.413 e. The fourth-order valence-electron chi connectivity index (χ4n) is 8.30. The highest BCUT2D eigenvalue weighted by Crippen LogP contribution is 2.60. The highest BCUT2D eigenvalue weighted by Gasteiger charge is 2.51. The molecule has 1 aromatic carbocycles. The molecule has 0 N–H and O–H groups in total. The molecule has 0 saturated heterocycles. The summed E-state index contributed by atoms with van der Waals surface area (Å²) in [5.74, 6) is 1.48. The zero-order valence-corrected chi connectivity index (χ0v) is 36.7. The molecule has 0 aliphatic heterocycles.